The summed E-state index contributed by atoms with van der Waals surface area (Å²) in [4.78, 5) is 23.5. The van der Waals surface area contributed by atoms with Gasteiger partial charge in [0.2, 0.25) is 5.91 Å². The molecule has 9 nitrogen and oxygen atoms in total. The first-order valence-electron chi connectivity index (χ1n) is 14.7. The molecule has 7 N–H and O–H groups in total. The second-order valence-corrected chi connectivity index (χ2v) is 12.0. The van der Waals surface area contributed by atoms with Crippen molar-refractivity contribution in [2.45, 2.75) is 97.9 Å². The van der Waals surface area contributed by atoms with Crippen LogP contribution in [-0.2, 0) is 9.53 Å². The summed E-state index contributed by atoms with van der Waals surface area (Å²) in [7, 11) is 0. The van der Waals surface area contributed by atoms with Crippen LogP contribution in [0.15, 0.2) is 49.1 Å². The van der Waals surface area contributed by atoms with E-state index in [4.69, 9.17) is 10.5 Å². The zero-order valence-electron chi connectivity index (χ0n) is 25.8. The first kappa shape index (κ1) is 36.6. The zero-order chi connectivity index (χ0) is 31.4. The number of ether oxygens (including phenoxy) is 1. The van der Waals surface area contributed by atoms with Gasteiger partial charge in [-0.05, 0) is 18.8 Å². The summed E-state index contributed by atoms with van der Waals surface area (Å²) < 4.78 is 5.33. The lowest BCUT2D eigenvalue weighted by atomic mass is 9.81. The fraction of sp³-hybridized carbons (Fsp3) is 0.688. The molecule has 0 saturated carbocycles. The standard InChI is InChI=1S/C32H54N2O7/c1-9-10-12-21(5)30(41-32(33)40)23(7)28(37)19(3)14-11-13-18(2)27(36)20(4)15-16-25(35)17-26-22(6)29(38)24(8)31(39)34-26/h9-13,15-16,18-30,35-38H,1,14,17H2,2-8H3,(H2,33,40)(H,34,39)/b12-10-,13-11-,16-15-/t18-,19-,20-,21-,22-,23-,24+,25+,26-,27+,28+,29-,30-/m0/s1. The highest BCUT2D eigenvalue weighted by Crippen LogP contribution is 2.28. The lowest BCUT2D eigenvalue weighted by Crippen LogP contribution is -2.56. The molecule has 1 heterocycles. The van der Waals surface area contributed by atoms with Crippen molar-refractivity contribution < 1.29 is 34.8 Å². The van der Waals surface area contributed by atoms with E-state index in [0.717, 1.165) is 0 Å². The van der Waals surface area contributed by atoms with Crippen molar-refractivity contribution in [1.29, 1.82) is 0 Å². The molecule has 0 aromatic heterocycles. The van der Waals surface area contributed by atoms with Crippen molar-refractivity contribution >= 4 is 12.0 Å². The number of piperidine rings is 1. The number of carbonyl (C=O) groups is 2. The summed E-state index contributed by atoms with van der Waals surface area (Å²) in [6.07, 6.45) is 8.80. The van der Waals surface area contributed by atoms with E-state index < -0.39 is 42.5 Å². The molecule has 1 rings (SSSR count). The third-order valence-electron chi connectivity index (χ3n) is 8.55. The Kier molecular flexibility index (Phi) is 15.6. The van der Waals surface area contributed by atoms with Crippen LogP contribution in [0.1, 0.15) is 61.3 Å². The Morgan fingerprint density at radius 3 is 2.20 bits per heavy atom. The van der Waals surface area contributed by atoms with E-state index in [9.17, 15) is 30.0 Å². The predicted molar refractivity (Wildman–Crippen MR) is 161 cm³/mol. The maximum atomic E-state index is 12.0. The minimum atomic E-state index is -0.886. The van der Waals surface area contributed by atoms with Crippen molar-refractivity contribution in [2.75, 3.05) is 0 Å². The molecule has 2 amide bonds. The average molecular weight is 579 g/mol. The zero-order valence-corrected chi connectivity index (χ0v) is 25.8. The predicted octanol–water partition coefficient (Wildman–Crippen LogP) is 3.48. The van der Waals surface area contributed by atoms with Crippen LogP contribution in [0.3, 0.4) is 0 Å². The Morgan fingerprint density at radius 2 is 1.61 bits per heavy atom. The first-order chi connectivity index (χ1) is 19.1. The minimum Gasteiger partial charge on any atom is -0.445 e. The van der Waals surface area contributed by atoms with Gasteiger partial charge in [-0.3, -0.25) is 4.79 Å². The lowest BCUT2D eigenvalue weighted by molar-refractivity contribution is -0.136. The highest BCUT2D eigenvalue weighted by Gasteiger charge is 2.38. The van der Waals surface area contributed by atoms with Gasteiger partial charge in [0.15, 0.2) is 0 Å². The van der Waals surface area contributed by atoms with Gasteiger partial charge in [0.25, 0.3) is 0 Å². The van der Waals surface area contributed by atoms with Crippen molar-refractivity contribution in [2.24, 2.45) is 47.2 Å². The van der Waals surface area contributed by atoms with E-state index >= 15 is 0 Å². The minimum absolute atomic E-state index is 0.142. The van der Waals surface area contributed by atoms with Gasteiger partial charge >= 0.3 is 6.09 Å². The van der Waals surface area contributed by atoms with Crippen LogP contribution < -0.4 is 11.1 Å². The second kappa shape index (κ2) is 17.5. The second-order valence-electron chi connectivity index (χ2n) is 12.0. The number of allylic oxidation sites excluding steroid dienone is 3. The number of aliphatic hydroxyl groups excluding tert-OH is 4. The monoisotopic (exact) mass is 578 g/mol. The van der Waals surface area contributed by atoms with Crippen LogP contribution in [-0.4, -0.2) is 69.0 Å². The number of hydrogen-bond acceptors (Lipinski definition) is 7. The lowest BCUT2D eigenvalue weighted by Gasteiger charge is -2.38. The van der Waals surface area contributed by atoms with Gasteiger partial charge in [-0.2, -0.15) is 0 Å². The first-order valence-corrected chi connectivity index (χ1v) is 14.7. The van der Waals surface area contributed by atoms with Crippen LogP contribution in [0.4, 0.5) is 4.79 Å². The molecule has 0 unspecified atom stereocenters. The summed E-state index contributed by atoms with van der Waals surface area (Å²) in [6, 6.07) is -0.333. The van der Waals surface area contributed by atoms with Crippen molar-refractivity contribution in [3.8, 4) is 0 Å². The van der Waals surface area contributed by atoms with Crippen LogP contribution in [0, 0.1) is 41.4 Å². The molecule has 1 aliphatic heterocycles. The fourth-order valence-electron chi connectivity index (χ4n) is 5.47. The largest absolute Gasteiger partial charge is 0.445 e. The molecule has 0 spiro atoms. The Labute approximate surface area is 246 Å². The van der Waals surface area contributed by atoms with Crippen LogP contribution >= 0.6 is 0 Å². The van der Waals surface area contributed by atoms with Gasteiger partial charge in [-0.25, -0.2) is 4.79 Å². The van der Waals surface area contributed by atoms with E-state index in [-0.39, 0.29) is 53.9 Å². The molecule has 41 heavy (non-hydrogen) atoms. The molecule has 1 saturated heterocycles. The maximum absolute atomic E-state index is 12.0. The number of rotatable bonds is 16. The van der Waals surface area contributed by atoms with E-state index in [1.807, 2.05) is 59.8 Å². The van der Waals surface area contributed by atoms with E-state index in [0.29, 0.717) is 6.42 Å². The highest BCUT2D eigenvalue weighted by atomic mass is 16.6. The van der Waals surface area contributed by atoms with Gasteiger partial charge in [-0.1, -0.05) is 97.6 Å². The molecular formula is C32H54N2O7. The molecule has 13 atom stereocenters. The molecule has 0 bridgehead atoms. The number of amides is 2. The Balaban J connectivity index is 2.67. The smallest absolute Gasteiger partial charge is 0.404 e. The molecule has 234 valence electrons. The van der Waals surface area contributed by atoms with Gasteiger partial charge in [-0.15, -0.1) is 0 Å². The van der Waals surface area contributed by atoms with Crippen LogP contribution in [0.5, 0.6) is 0 Å². The van der Waals surface area contributed by atoms with Gasteiger partial charge in [0.1, 0.15) is 6.10 Å². The summed E-state index contributed by atoms with van der Waals surface area (Å²) in [5.74, 6) is -1.98. The summed E-state index contributed by atoms with van der Waals surface area (Å²) in [5, 5.41) is 45.5. The number of nitrogens with two attached hydrogens (primary N) is 1. The van der Waals surface area contributed by atoms with Gasteiger partial charge in [0, 0.05) is 35.6 Å². The molecule has 0 aliphatic carbocycles. The van der Waals surface area contributed by atoms with Gasteiger partial charge < -0.3 is 36.2 Å². The Bertz CT molecular complexity index is 920. The number of primary amides is 1. The molecule has 0 radical (unpaired) electrons. The SMILES string of the molecule is C=C/C=C\[C@H](C)[C@H](OC(N)=O)[C@@H](C)[C@H](O)[C@@H](C)C/C=C\[C@H](C)[C@@H](O)[C@@H](C)/C=C\[C@@H](O)C[C@@H]1NC(=O)[C@H](C)[C@@H](O)[C@H]1C. The third kappa shape index (κ3) is 11.4. The molecule has 9 heteroatoms. The third-order valence-corrected chi connectivity index (χ3v) is 8.55. The van der Waals surface area contributed by atoms with Crippen molar-refractivity contribution in [3.63, 3.8) is 0 Å². The van der Waals surface area contributed by atoms with Crippen molar-refractivity contribution in [3.05, 3.63) is 49.1 Å². The van der Waals surface area contributed by atoms with E-state index in [2.05, 4.69) is 11.9 Å². The summed E-state index contributed by atoms with van der Waals surface area (Å²) in [6.45, 7) is 16.6. The highest BCUT2D eigenvalue weighted by molar-refractivity contribution is 5.80. The normalized spacial score (nSPS) is 28.4. The quantitative estimate of drug-likeness (QED) is 0.121. The fourth-order valence-corrected chi connectivity index (χ4v) is 5.47. The Hall–Kier alpha value is -2.46. The molecule has 1 fully saturated rings. The number of carbonyl (C=O) groups excluding carboxylic acids is 2. The Morgan fingerprint density at radius 1 is 1.00 bits per heavy atom. The van der Waals surface area contributed by atoms with Crippen LogP contribution in [0.25, 0.3) is 0 Å². The summed E-state index contributed by atoms with van der Waals surface area (Å²) in [5.41, 5.74) is 5.28. The van der Waals surface area contributed by atoms with Gasteiger partial charge in [0.05, 0.1) is 30.3 Å². The summed E-state index contributed by atoms with van der Waals surface area (Å²) >= 11 is 0. The van der Waals surface area contributed by atoms with E-state index in [1.165, 1.54) is 0 Å². The molecular weight excluding hydrogens is 524 g/mol. The van der Waals surface area contributed by atoms with Crippen molar-refractivity contribution in [1.82, 2.24) is 5.32 Å². The number of aliphatic hydroxyl groups is 4. The molecule has 0 aromatic rings. The van der Waals surface area contributed by atoms with E-state index in [1.54, 1.807) is 31.2 Å². The average Bonchev–Trinajstić information content (AvgIpc) is 2.93. The topological polar surface area (TPSA) is 162 Å². The number of hydrogen-bond donors (Lipinski definition) is 6. The maximum Gasteiger partial charge on any atom is 0.404 e. The molecule has 1 aliphatic rings. The van der Waals surface area contributed by atoms with Crippen LogP contribution in [0.2, 0.25) is 0 Å². The number of nitrogens with one attached hydrogen (secondary N) is 1. The molecule has 0 aromatic carbocycles.